The normalized spacial score (nSPS) is 18.1. The minimum absolute atomic E-state index is 0.120. The molecule has 0 aliphatic heterocycles. The van der Waals surface area contributed by atoms with Crippen LogP contribution in [0.4, 0.5) is 0 Å². The quantitative estimate of drug-likeness (QED) is 0.592. The van der Waals surface area contributed by atoms with Gasteiger partial charge in [0.05, 0.1) is 6.61 Å². The third kappa shape index (κ3) is 5.80. The SMILES string of the molecule is CCCNC(C)(CN(CCC)CC1CC1)C(=O)OCC. The number of carbonyl (C=O) groups excluding carboxylic acids is 1. The Morgan fingerprint density at radius 3 is 2.50 bits per heavy atom. The average Bonchev–Trinajstić information content (AvgIpc) is 3.21. The summed E-state index contributed by atoms with van der Waals surface area (Å²) in [7, 11) is 0. The number of hydrogen-bond donors (Lipinski definition) is 1. The average molecular weight is 284 g/mol. The maximum atomic E-state index is 12.3. The maximum absolute atomic E-state index is 12.3. The Labute approximate surface area is 124 Å². The first-order valence-electron chi connectivity index (χ1n) is 8.20. The van der Waals surface area contributed by atoms with Gasteiger partial charge in [-0.15, -0.1) is 0 Å². The molecule has 0 saturated heterocycles. The number of carbonyl (C=O) groups is 1. The third-order valence-electron chi connectivity index (χ3n) is 3.78. The summed E-state index contributed by atoms with van der Waals surface area (Å²) in [5, 5.41) is 3.40. The molecule has 1 saturated carbocycles. The fourth-order valence-electron chi connectivity index (χ4n) is 2.55. The Morgan fingerprint density at radius 2 is 2.00 bits per heavy atom. The molecule has 4 nitrogen and oxygen atoms in total. The molecule has 0 radical (unpaired) electrons. The molecule has 0 spiro atoms. The largest absolute Gasteiger partial charge is 0.465 e. The summed E-state index contributed by atoms with van der Waals surface area (Å²) >= 11 is 0. The Kier molecular flexibility index (Phi) is 7.52. The first-order valence-corrected chi connectivity index (χ1v) is 8.20. The first-order chi connectivity index (χ1) is 9.55. The van der Waals surface area contributed by atoms with Gasteiger partial charge in [0.25, 0.3) is 0 Å². The van der Waals surface area contributed by atoms with Crippen molar-refractivity contribution in [1.29, 1.82) is 0 Å². The van der Waals surface area contributed by atoms with Gasteiger partial charge in [0.2, 0.25) is 0 Å². The van der Waals surface area contributed by atoms with Crippen molar-refractivity contribution in [2.24, 2.45) is 5.92 Å². The van der Waals surface area contributed by atoms with E-state index in [2.05, 4.69) is 24.1 Å². The zero-order valence-corrected chi connectivity index (χ0v) is 13.7. The second-order valence-electron chi connectivity index (χ2n) is 6.16. The predicted octanol–water partition coefficient (Wildman–Crippen LogP) is 2.43. The summed E-state index contributed by atoms with van der Waals surface area (Å²) in [5.41, 5.74) is -0.587. The third-order valence-corrected chi connectivity index (χ3v) is 3.78. The second-order valence-corrected chi connectivity index (χ2v) is 6.16. The molecule has 1 rings (SSSR count). The number of hydrogen-bond acceptors (Lipinski definition) is 4. The van der Waals surface area contributed by atoms with E-state index in [1.165, 1.54) is 12.8 Å². The van der Waals surface area contributed by atoms with Crippen LogP contribution in [0.25, 0.3) is 0 Å². The second kappa shape index (κ2) is 8.63. The number of rotatable bonds is 11. The summed E-state index contributed by atoms with van der Waals surface area (Å²) in [6.45, 7) is 12.4. The molecule has 4 heteroatoms. The fraction of sp³-hybridized carbons (Fsp3) is 0.938. The molecule has 1 atom stereocenters. The van der Waals surface area contributed by atoms with Gasteiger partial charge in [0.15, 0.2) is 0 Å². The molecule has 0 bridgehead atoms. The van der Waals surface area contributed by atoms with Crippen LogP contribution in [-0.2, 0) is 9.53 Å². The van der Waals surface area contributed by atoms with Crippen LogP contribution in [0.1, 0.15) is 53.4 Å². The molecule has 20 heavy (non-hydrogen) atoms. The number of nitrogens with one attached hydrogen (secondary N) is 1. The summed E-state index contributed by atoms with van der Waals surface area (Å²) in [5.74, 6) is 0.726. The van der Waals surface area contributed by atoms with Gasteiger partial charge in [-0.2, -0.15) is 0 Å². The molecule has 0 amide bonds. The number of nitrogens with zero attached hydrogens (tertiary/aromatic N) is 1. The van der Waals surface area contributed by atoms with Crippen molar-refractivity contribution < 1.29 is 9.53 Å². The summed E-state index contributed by atoms with van der Waals surface area (Å²) in [6.07, 6.45) is 4.84. The summed E-state index contributed by atoms with van der Waals surface area (Å²) in [4.78, 5) is 14.7. The van der Waals surface area contributed by atoms with E-state index in [1.807, 2.05) is 13.8 Å². The zero-order chi connectivity index (χ0) is 15.0. The Bertz CT molecular complexity index is 292. The number of esters is 1. The van der Waals surface area contributed by atoms with Crippen LogP contribution in [0.15, 0.2) is 0 Å². The lowest BCUT2D eigenvalue weighted by molar-refractivity contribution is -0.151. The van der Waals surface area contributed by atoms with Gasteiger partial charge in [-0.1, -0.05) is 13.8 Å². The van der Waals surface area contributed by atoms with E-state index in [0.717, 1.165) is 44.9 Å². The smallest absolute Gasteiger partial charge is 0.327 e. The standard InChI is InChI=1S/C16H32N2O2/c1-5-10-17-16(4,15(19)20-7-3)13-18(11-6-2)12-14-8-9-14/h14,17H,5-13H2,1-4H3. The van der Waals surface area contributed by atoms with Gasteiger partial charge in [-0.3, -0.25) is 4.79 Å². The Hall–Kier alpha value is -0.610. The van der Waals surface area contributed by atoms with Gasteiger partial charge in [-0.25, -0.2) is 0 Å². The highest BCUT2D eigenvalue weighted by Crippen LogP contribution is 2.30. The molecule has 1 N–H and O–H groups in total. The Balaban J connectivity index is 2.65. The predicted molar refractivity (Wildman–Crippen MR) is 82.8 cm³/mol. The van der Waals surface area contributed by atoms with Crippen LogP contribution in [-0.4, -0.2) is 49.2 Å². The minimum atomic E-state index is -0.587. The fourth-order valence-corrected chi connectivity index (χ4v) is 2.55. The number of ether oxygens (including phenoxy) is 1. The van der Waals surface area contributed by atoms with Crippen LogP contribution in [0, 0.1) is 5.92 Å². The molecular formula is C16H32N2O2. The lowest BCUT2D eigenvalue weighted by Crippen LogP contribution is -2.58. The lowest BCUT2D eigenvalue weighted by atomic mass is 10.0. The van der Waals surface area contributed by atoms with Gasteiger partial charge in [-0.05, 0) is 58.5 Å². The molecule has 1 fully saturated rings. The maximum Gasteiger partial charge on any atom is 0.327 e. The van der Waals surface area contributed by atoms with E-state index in [9.17, 15) is 4.79 Å². The van der Waals surface area contributed by atoms with Crippen molar-refractivity contribution in [3.8, 4) is 0 Å². The summed E-state index contributed by atoms with van der Waals surface area (Å²) in [6, 6.07) is 0. The molecule has 0 aromatic heterocycles. The molecular weight excluding hydrogens is 252 g/mol. The van der Waals surface area contributed by atoms with Crippen molar-refractivity contribution in [3.63, 3.8) is 0 Å². The van der Waals surface area contributed by atoms with Crippen molar-refractivity contribution in [2.45, 2.75) is 58.9 Å². The molecule has 0 aromatic rings. The van der Waals surface area contributed by atoms with E-state index >= 15 is 0 Å². The van der Waals surface area contributed by atoms with Crippen molar-refractivity contribution in [1.82, 2.24) is 10.2 Å². The van der Waals surface area contributed by atoms with E-state index in [4.69, 9.17) is 4.74 Å². The van der Waals surface area contributed by atoms with Crippen LogP contribution >= 0.6 is 0 Å². The van der Waals surface area contributed by atoms with Crippen LogP contribution < -0.4 is 5.32 Å². The van der Waals surface area contributed by atoms with Gasteiger partial charge in [0, 0.05) is 13.1 Å². The van der Waals surface area contributed by atoms with Crippen molar-refractivity contribution >= 4 is 5.97 Å². The lowest BCUT2D eigenvalue weighted by Gasteiger charge is -2.34. The molecule has 1 aliphatic carbocycles. The summed E-state index contributed by atoms with van der Waals surface area (Å²) < 4.78 is 5.28. The van der Waals surface area contributed by atoms with Crippen LogP contribution in [0.5, 0.6) is 0 Å². The van der Waals surface area contributed by atoms with Gasteiger partial charge in [0.1, 0.15) is 5.54 Å². The molecule has 1 unspecified atom stereocenters. The zero-order valence-electron chi connectivity index (χ0n) is 13.7. The minimum Gasteiger partial charge on any atom is -0.465 e. The van der Waals surface area contributed by atoms with E-state index < -0.39 is 5.54 Å². The van der Waals surface area contributed by atoms with E-state index in [0.29, 0.717) is 6.61 Å². The topological polar surface area (TPSA) is 41.6 Å². The highest BCUT2D eigenvalue weighted by atomic mass is 16.5. The molecule has 0 aromatic carbocycles. The van der Waals surface area contributed by atoms with E-state index in [-0.39, 0.29) is 5.97 Å². The molecule has 1 aliphatic rings. The van der Waals surface area contributed by atoms with Gasteiger partial charge < -0.3 is 15.0 Å². The van der Waals surface area contributed by atoms with Crippen molar-refractivity contribution in [3.05, 3.63) is 0 Å². The highest BCUT2D eigenvalue weighted by molar-refractivity contribution is 5.80. The molecule has 118 valence electrons. The first kappa shape index (κ1) is 17.4. The monoisotopic (exact) mass is 284 g/mol. The van der Waals surface area contributed by atoms with E-state index in [1.54, 1.807) is 0 Å². The van der Waals surface area contributed by atoms with Crippen molar-refractivity contribution in [2.75, 3.05) is 32.8 Å². The Morgan fingerprint density at radius 1 is 1.30 bits per heavy atom. The highest BCUT2D eigenvalue weighted by Gasteiger charge is 2.37. The molecule has 0 heterocycles. The van der Waals surface area contributed by atoms with Gasteiger partial charge >= 0.3 is 5.97 Å². The van der Waals surface area contributed by atoms with Crippen LogP contribution in [0.2, 0.25) is 0 Å². The van der Waals surface area contributed by atoms with Crippen LogP contribution in [0.3, 0.4) is 0 Å².